The molecule has 3 rings (SSSR count). The van der Waals surface area contributed by atoms with Crippen LogP contribution in [0.5, 0.6) is 5.75 Å². The van der Waals surface area contributed by atoms with Gasteiger partial charge in [-0.2, -0.15) is 5.10 Å². The summed E-state index contributed by atoms with van der Waals surface area (Å²) in [7, 11) is 0. The zero-order valence-corrected chi connectivity index (χ0v) is 12.7. The molecule has 0 radical (unpaired) electrons. The van der Waals surface area contributed by atoms with Gasteiger partial charge in [0.2, 0.25) is 0 Å². The summed E-state index contributed by atoms with van der Waals surface area (Å²) in [5.41, 5.74) is 4.70. The molecule has 114 valence electrons. The molecule has 0 aliphatic heterocycles. The number of carbonyl (C=O) groups excluding carboxylic acids is 1. The molecule has 3 aromatic rings. The molecular formula is C19H16N2O2. The van der Waals surface area contributed by atoms with Crippen LogP contribution in [0.2, 0.25) is 0 Å². The quantitative estimate of drug-likeness (QED) is 0.572. The number of rotatable bonds is 3. The van der Waals surface area contributed by atoms with Crippen LogP contribution in [0.3, 0.4) is 0 Å². The highest BCUT2D eigenvalue weighted by Gasteiger charge is 2.06. The maximum absolute atomic E-state index is 12.1. The van der Waals surface area contributed by atoms with Gasteiger partial charge in [-0.05, 0) is 42.0 Å². The Labute approximate surface area is 134 Å². The molecule has 1 amide bonds. The van der Waals surface area contributed by atoms with Gasteiger partial charge in [-0.15, -0.1) is 0 Å². The maximum atomic E-state index is 12.1. The summed E-state index contributed by atoms with van der Waals surface area (Å²) in [6, 6.07) is 20.1. The third-order valence-electron chi connectivity index (χ3n) is 3.63. The van der Waals surface area contributed by atoms with Crippen molar-refractivity contribution in [1.82, 2.24) is 5.43 Å². The van der Waals surface area contributed by atoms with Crippen molar-refractivity contribution in [3.05, 3.63) is 77.9 Å². The van der Waals surface area contributed by atoms with Gasteiger partial charge < -0.3 is 5.11 Å². The number of hydrazone groups is 1. The van der Waals surface area contributed by atoms with Crippen LogP contribution in [0.15, 0.2) is 71.8 Å². The second kappa shape index (κ2) is 6.32. The van der Waals surface area contributed by atoms with E-state index in [0.29, 0.717) is 5.56 Å². The molecule has 0 aliphatic rings. The first-order valence-electron chi connectivity index (χ1n) is 7.27. The van der Waals surface area contributed by atoms with Crippen molar-refractivity contribution >= 4 is 22.4 Å². The van der Waals surface area contributed by atoms with Crippen LogP contribution in [0.1, 0.15) is 22.8 Å². The Morgan fingerprint density at radius 3 is 2.43 bits per heavy atom. The Morgan fingerprint density at radius 1 is 0.957 bits per heavy atom. The second-order valence-electron chi connectivity index (χ2n) is 5.21. The lowest BCUT2D eigenvalue weighted by molar-refractivity contribution is 0.0955. The fourth-order valence-electron chi connectivity index (χ4n) is 2.41. The van der Waals surface area contributed by atoms with E-state index in [2.05, 4.69) is 10.5 Å². The number of hydrogen-bond donors (Lipinski definition) is 2. The van der Waals surface area contributed by atoms with Crippen molar-refractivity contribution in [2.24, 2.45) is 5.10 Å². The van der Waals surface area contributed by atoms with E-state index in [4.69, 9.17) is 0 Å². The molecule has 0 unspecified atom stereocenters. The zero-order valence-electron chi connectivity index (χ0n) is 12.7. The molecule has 0 aliphatic carbocycles. The predicted molar refractivity (Wildman–Crippen MR) is 91.7 cm³/mol. The van der Waals surface area contributed by atoms with E-state index in [-0.39, 0.29) is 11.7 Å². The van der Waals surface area contributed by atoms with Gasteiger partial charge in [-0.3, -0.25) is 4.79 Å². The van der Waals surface area contributed by atoms with Crippen molar-refractivity contribution in [2.75, 3.05) is 0 Å². The summed E-state index contributed by atoms with van der Waals surface area (Å²) < 4.78 is 0. The van der Waals surface area contributed by atoms with E-state index >= 15 is 0 Å². The van der Waals surface area contributed by atoms with Gasteiger partial charge in [0.15, 0.2) is 0 Å². The third-order valence-corrected chi connectivity index (χ3v) is 3.63. The van der Waals surface area contributed by atoms with E-state index in [0.717, 1.165) is 22.0 Å². The van der Waals surface area contributed by atoms with Crippen LogP contribution in [0.4, 0.5) is 0 Å². The van der Waals surface area contributed by atoms with E-state index < -0.39 is 0 Å². The number of amides is 1. The van der Waals surface area contributed by atoms with Crippen molar-refractivity contribution in [3.8, 4) is 5.75 Å². The monoisotopic (exact) mass is 304 g/mol. The van der Waals surface area contributed by atoms with Gasteiger partial charge in [0.1, 0.15) is 5.75 Å². The normalized spacial score (nSPS) is 11.4. The average Bonchev–Trinajstić information content (AvgIpc) is 2.59. The van der Waals surface area contributed by atoms with E-state index in [1.165, 1.54) is 12.1 Å². The van der Waals surface area contributed by atoms with Crippen molar-refractivity contribution in [3.63, 3.8) is 0 Å². The Morgan fingerprint density at radius 2 is 1.65 bits per heavy atom. The van der Waals surface area contributed by atoms with Crippen LogP contribution in [0.25, 0.3) is 10.8 Å². The minimum atomic E-state index is -0.315. The number of carbonyl (C=O) groups is 1. The molecule has 0 saturated heterocycles. The van der Waals surface area contributed by atoms with Crippen LogP contribution in [0, 0.1) is 0 Å². The molecular weight excluding hydrogens is 288 g/mol. The first kappa shape index (κ1) is 14.8. The summed E-state index contributed by atoms with van der Waals surface area (Å²) in [5.74, 6) is -0.193. The van der Waals surface area contributed by atoms with Crippen LogP contribution < -0.4 is 5.43 Å². The fraction of sp³-hybridized carbons (Fsp3) is 0.0526. The second-order valence-corrected chi connectivity index (χ2v) is 5.21. The maximum Gasteiger partial charge on any atom is 0.271 e. The number of nitrogens with one attached hydrogen (secondary N) is 1. The molecule has 0 spiro atoms. The lowest BCUT2D eigenvalue weighted by Gasteiger charge is -2.07. The summed E-state index contributed by atoms with van der Waals surface area (Å²) in [6.45, 7) is 1.86. The topological polar surface area (TPSA) is 61.7 Å². The number of aromatic hydroxyl groups is 1. The van der Waals surface area contributed by atoms with E-state index in [1.807, 2.05) is 49.4 Å². The molecule has 0 fully saturated rings. The van der Waals surface area contributed by atoms with Gasteiger partial charge in [0, 0.05) is 11.1 Å². The Hall–Kier alpha value is -3.14. The molecule has 23 heavy (non-hydrogen) atoms. The summed E-state index contributed by atoms with van der Waals surface area (Å²) in [6.07, 6.45) is 0. The highest BCUT2D eigenvalue weighted by molar-refractivity contribution is 6.10. The van der Waals surface area contributed by atoms with Crippen molar-refractivity contribution in [2.45, 2.75) is 6.92 Å². The minimum Gasteiger partial charge on any atom is -0.508 e. The minimum absolute atomic E-state index is 0.122. The highest BCUT2D eigenvalue weighted by atomic mass is 16.3. The van der Waals surface area contributed by atoms with E-state index in [1.54, 1.807) is 12.1 Å². The number of phenols is 1. The Bertz CT molecular complexity index is 878. The van der Waals surface area contributed by atoms with E-state index in [9.17, 15) is 9.90 Å². The SMILES string of the molecule is C/C(=N/NC(=O)c1ccc(O)cc1)c1cccc2ccccc12. The Balaban J connectivity index is 1.84. The lowest BCUT2D eigenvalue weighted by Crippen LogP contribution is -2.19. The van der Waals surface area contributed by atoms with Crippen LogP contribution in [-0.2, 0) is 0 Å². The molecule has 0 bridgehead atoms. The van der Waals surface area contributed by atoms with Gasteiger partial charge >= 0.3 is 0 Å². The van der Waals surface area contributed by atoms with Crippen LogP contribution in [-0.4, -0.2) is 16.7 Å². The number of hydrogen-bond acceptors (Lipinski definition) is 3. The van der Waals surface area contributed by atoms with Gasteiger partial charge in [-0.25, -0.2) is 5.43 Å². The molecule has 4 nitrogen and oxygen atoms in total. The molecule has 0 atom stereocenters. The molecule has 2 N–H and O–H groups in total. The molecule has 3 aromatic carbocycles. The molecule has 4 heteroatoms. The smallest absolute Gasteiger partial charge is 0.271 e. The molecule has 0 heterocycles. The predicted octanol–water partition coefficient (Wildman–Crippen LogP) is 3.70. The fourth-order valence-corrected chi connectivity index (χ4v) is 2.41. The largest absolute Gasteiger partial charge is 0.508 e. The Kier molecular flexibility index (Phi) is 4.06. The summed E-state index contributed by atoms with van der Waals surface area (Å²) in [4.78, 5) is 12.1. The highest BCUT2D eigenvalue weighted by Crippen LogP contribution is 2.19. The first-order valence-corrected chi connectivity index (χ1v) is 7.27. The van der Waals surface area contributed by atoms with Gasteiger partial charge in [0.25, 0.3) is 5.91 Å². The zero-order chi connectivity index (χ0) is 16.2. The van der Waals surface area contributed by atoms with Crippen LogP contribution >= 0.6 is 0 Å². The third kappa shape index (κ3) is 3.21. The van der Waals surface area contributed by atoms with Crippen molar-refractivity contribution < 1.29 is 9.90 Å². The summed E-state index contributed by atoms with van der Waals surface area (Å²) in [5, 5.41) is 15.7. The summed E-state index contributed by atoms with van der Waals surface area (Å²) >= 11 is 0. The molecule has 0 saturated carbocycles. The van der Waals surface area contributed by atoms with Gasteiger partial charge in [0.05, 0.1) is 5.71 Å². The molecule has 0 aromatic heterocycles. The standard InChI is InChI=1S/C19H16N2O2/c1-13(17-8-4-6-14-5-2-3-7-18(14)17)20-21-19(23)15-9-11-16(22)12-10-15/h2-12,22H,1H3,(H,21,23)/b20-13-. The van der Waals surface area contributed by atoms with Gasteiger partial charge in [-0.1, -0.05) is 42.5 Å². The number of phenolic OH excluding ortho intramolecular Hbond substituents is 1. The number of fused-ring (bicyclic) bond motifs is 1. The lowest BCUT2D eigenvalue weighted by atomic mass is 10.0. The van der Waals surface area contributed by atoms with Crippen molar-refractivity contribution in [1.29, 1.82) is 0 Å². The average molecular weight is 304 g/mol. The first-order chi connectivity index (χ1) is 11.1. The number of benzene rings is 3. The number of nitrogens with zero attached hydrogens (tertiary/aromatic N) is 1.